The van der Waals surface area contributed by atoms with Crippen LogP contribution in [0, 0.1) is 0 Å². The number of hydrogen-bond acceptors (Lipinski definition) is 4. The summed E-state index contributed by atoms with van der Waals surface area (Å²) in [5.74, 6) is 0. The van der Waals surface area contributed by atoms with Crippen LogP contribution in [0.5, 0.6) is 0 Å². The van der Waals surface area contributed by atoms with Crippen LogP contribution in [0.15, 0.2) is 18.2 Å². The zero-order chi connectivity index (χ0) is 14.3. The summed E-state index contributed by atoms with van der Waals surface area (Å²) in [7, 11) is 0. The summed E-state index contributed by atoms with van der Waals surface area (Å²) < 4.78 is 5.12. The molecule has 0 aliphatic carbocycles. The molecule has 5 heteroatoms. The molecule has 1 aromatic heterocycles. The van der Waals surface area contributed by atoms with Gasteiger partial charge in [-0.25, -0.2) is 4.79 Å². The zero-order valence-corrected chi connectivity index (χ0v) is 12.4. The first-order chi connectivity index (χ1) is 8.90. The van der Waals surface area contributed by atoms with Gasteiger partial charge in [-0.2, -0.15) is 0 Å². The van der Waals surface area contributed by atoms with Gasteiger partial charge < -0.3 is 15.2 Å². The predicted molar refractivity (Wildman–Crippen MR) is 78.1 cm³/mol. The lowest BCUT2D eigenvalue weighted by Gasteiger charge is -2.19. The number of carbonyl (C=O) groups is 1. The number of ether oxygens (including phenoxy) is 1. The van der Waals surface area contributed by atoms with Gasteiger partial charge in [0.1, 0.15) is 5.60 Å². The molecule has 0 aliphatic heterocycles. The molecule has 0 unspecified atom stereocenters. The van der Waals surface area contributed by atoms with E-state index in [1.54, 1.807) is 11.3 Å². The van der Waals surface area contributed by atoms with Crippen LogP contribution in [-0.4, -0.2) is 23.3 Å². The monoisotopic (exact) mass is 283 g/mol. The largest absolute Gasteiger partial charge is 0.444 e. The Balaban J connectivity index is 2.22. The van der Waals surface area contributed by atoms with Gasteiger partial charge in [0.05, 0.1) is 6.61 Å². The van der Waals surface area contributed by atoms with Crippen LogP contribution < -0.4 is 5.32 Å². The lowest BCUT2D eigenvalue weighted by Crippen LogP contribution is -2.32. The summed E-state index contributed by atoms with van der Waals surface area (Å²) in [5.41, 5.74) is -0.461. The molecule has 1 aromatic rings. The molecular weight excluding hydrogens is 262 g/mol. The van der Waals surface area contributed by atoms with E-state index in [1.807, 2.05) is 45.1 Å². The maximum atomic E-state index is 11.4. The van der Waals surface area contributed by atoms with Crippen molar-refractivity contribution >= 4 is 23.5 Å². The van der Waals surface area contributed by atoms with Gasteiger partial charge in [-0.3, -0.25) is 0 Å². The van der Waals surface area contributed by atoms with Gasteiger partial charge in [0, 0.05) is 16.3 Å². The highest BCUT2D eigenvalue weighted by molar-refractivity contribution is 7.12. The van der Waals surface area contributed by atoms with E-state index in [0.29, 0.717) is 6.54 Å². The molecule has 19 heavy (non-hydrogen) atoms. The highest BCUT2D eigenvalue weighted by Gasteiger charge is 2.15. The normalized spacial score (nSPS) is 11.8. The van der Waals surface area contributed by atoms with E-state index in [9.17, 15) is 4.79 Å². The van der Waals surface area contributed by atoms with Gasteiger partial charge in [0.15, 0.2) is 0 Å². The Morgan fingerprint density at radius 2 is 2.21 bits per heavy atom. The first kappa shape index (κ1) is 15.7. The fraction of sp³-hybridized carbons (Fsp3) is 0.500. The minimum Gasteiger partial charge on any atom is -0.444 e. The molecular formula is C14H21NO3S. The lowest BCUT2D eigenvalue weighted by atomic mass is 10.2. The molecule has 0 fully saturated rings. The van der Waals surface area contributed by atoms with Crippen molar-refractivity contribution in [2.45, 2.75) is 39.4 Å². The van der Waals surface area contributed by atoms with Crippen LogP contribution in [0.25, 0.3) is 6.08 Å². The standard InChI is InChI=1S/C14H21NO3S/c1-14(2,3)18-13(17)15-9-5-4-6-11-7-8-12(10-16)19-11/h4,6-8,16H,5,9-10H2,1-3H3,(H,15,17). The van der Waals surface area contributed by atoms with Gasteiger partial charge in [0.2, 0.25) is 0 Å². The number of hydrogen-bond donors (Lipinski definition) is 2. The minimum absolute atomic E-state index is 0.0820. The van der Waals surface area contributed by atoms with E-state index in [0.717, 1.165) is 16.2 Å². The molecule has 2 N–H and O–H groups in total. The van der Waals surface area contributed by atoms with E-state index in [4.69, 9.17) is 9.84 Å². The van der Waals surface area contributed by atoms with Crippen LogP contribution in [0.1, 0.15) is 36.9 Å². The first-order valence-electron chi connectivity index (χ1n) is 6.23. The molecule has 0 atom stereocenters. The number of alkyl carbamates (subject to hydrolysis) is 1. The molecule has 0 spiro atoms. The van der Waals surface area contributed by atoms with Crippen LogP contribution in [0.2, 0.25) is 0 Å². The summed E-state index contributed by atoms with van der Waals surface area (Å²) in [6.07, 6.45) is 4.33. The number of nitrogens with one attached hydrogen (secondary N) is 1. The maximum Gasteiger partial charge on any atom is 0.407 e. The third-order valence-electron chi connectivity index (χ3n) is 2.10. The van der Waals surface area contributed by atoms with Crippen LogP contribution in [-0.2, 0) is 11.3 Å². The molecule has 0 saturated heterocycles. The van der Waals surface area contributed by atoms with Crippen molar-refractivity contribution in [3.8, 4) is 0 Å². The van der Waals surface area contributed by atoms with E-state index >= 15 is 0 Å². The van der Waals surface area contributed by atoms with E-state index in [1.165, 1.54) is 0 Å². The average Bonchev–Trinajstić information content (AvgIpc) is 2.74. The molecule has 1 amide bonds. The van der Waals surface area contributed by atoms with Crippen LogP contribution >= 0.6 is 11.3 Å². The van der Waals surface area contributed by atoms with E-state index < -0.39 is 5.60 Å². The van der Waals surface area contributed by atoms with Crippen LogP contribution in [0.3, 0.4) is 0 Å². The van der Waals surface area contributed by atoms with Gasteiger partial charge in [0.25, 0.3) is 0 Å². The molecule has 0 saturated carbocycles. The fourth-order valence-corrected chi connectivity index (χ4v) is 2.14. The molecule has 4 nitrogen and oxygen atoms in total. The summed E-state index contributed by atoms with van der Waals surface area (Å²) in [6, 6.07) is 3.87. The molecule has 1 heterocycles. The second kappa shape index (κ2) is 7.31. The molecule has 106 valence electrons. The van der Waals surface area contributed by atoms with Crippen LogP contribution in [0.4, 0.5) is 4.79 Å². The SMILES string of the molecule is CC(C)(C)OC(=O)NCCC=Cc1ccc(CO)s1. The van der Waals surface area contributed by atoms with Gasteiger partial charge in [-0.05, 0) is 45.4 Å². The number of carbonyl (C=O) groups excluding carboxylic acids is 1. The second-order valence-electron chi connectivity index (χ2n) is 5.08. The average molecular weight is 283 g/mol. The first-order valence-corrected chi connectivity index (χ1v) is 7.05. The molecule has 0 aliphatic rings. The molecule has 0 radical (unpaired) electrons. The Morgan fingerprint density at radius 1 is 1.47 bits per heavy atom. The smallest absolute Gasteiger partial charge is 0.407 e. The minimum atomic E-state index is -0.461. The number of aliphatic hydroxyl groups excluding tert-OH is 1. The summed E-state index contributed by atoms with van der Waals surface area (Å²) in [6.45, 7) is 6.13. The van der Waals surface area contributed by atoms with Crippen molar-refractivity contribution in [1.29, 1.82) is 0 Å². The van der Waals surface area contributed by atoms with Gasteiger partial charge >= 0.3 is 6.09 Å². The topological polar surface area (TPSA) is 58.6 Å². The Hall–Kier alpha value is -1.33. The van der Waals surface area contributed by atoms with Crippen molar-refractivity contribution in [2.24, 2.45) is 0 Å². The third-order valence-corrected chi connectivity index (χ3v) is 3.13. The van der Waals surface area contributed by atoms with Crippen molar-refractivity contribution < 1.29 is 14.6 Å². The second-order valence-corrected chi connectivity index (χ2v) is 6.28. The van der Waals surface area contributed by atoms with Gasteiger partial charge in [-0.1, -0.05) is 6.08 Å². The highest BCUT2D eigenvalue weighted by Crippen LogP contribution is 2.17. The summed E-state index contributed by atoms with van der Waals surface area (Å²) >= 11 is 1.56. The highest BCUT2D eigenvalue weighted by atomic mass is 32.1. The Labute approximate surface area is 118 Å². The fourth-order valence-electron chi connectivity index (χ4n) is 1.34. The number of amides is 1. The Bertz CT molecular complexity index is 432. The Morgan fingerprint density at radius 3 is 2.79 bits per heavy atom. The zero-order valence-electron chi connectivity index (χ0n) is 11.6. The molecule has 0 aromatic carbocycles. The quantitative estimate of drug-likeness (QED) is 0.816. The summed E-state index contributed by atoms with van der Waals surface area (Å²) in [4.78, 5) is 13.4. The van der Waals surface area contributed by atoms with Gasteiger partial charge in [-0.15, -0.1) is 11.3 Å². The van der Waals surface area contributed by atoms with Crippen molar-refractivity contribution in [1.82, 2.24) is 5.32 Å². The van der Waals surface area contributed by atoms with E-state index in [-0.39, 0.29) is 12.7 Å². The third kappa shape index (κ3) is 6.98. The van der Waals surface area contributed by atoms with Crippen molar-refractivity contribution in [3.63, 3.8) is 0 Å². The molecule has 1 rings (SSSR count). The van der Waals surface area contributed by atoms with Crippen molar-refractivity contribution in [2.75, 3.05) is 6.54 Å². The maximum absolute atomic E-state index is 11.4. The number of thiophene rings is 1. The predicted octanol–water partition coefficient (Wildman–Crippen LogP) is 3.17. The summed E-state index contributed by atoms with van der Waals surface area (Å²) in [5, 5.41) is 11.6. The van der Waals surface area contributed by atoms with E-state index in [2.05, 4.69) is 5.32 Å². The number of aliphatic hydroxyl groups is 1. The lowest BCUT2D eigenvalue weighted by molar-refractivity contribution is 0.0529. The Kier molecular flexibility index (Phi) is 6.05. The van der Waals surface area contributed by atoms with Crippen molar-refractivity contribution in [3.05, 3.63) is 28.0 Å². The number of rotatable bonds is 5. The molecule has 0 bridgehead atoms.